The molecule has 1 aromatic carbocycles. The molecule has 0 aromatic heterocycles. The van der Waals surface area contributed by atoms with Crippen molar-refractivity contribution in [2.24, 2.45) is 17.3 Å². The molecule has 2 fully saturated rings. The van der Waals surface area contributed by atoms with Gasteiger partial charge in [-0.15, -0.1) is 0 Å². The summed E-state index contributed by atoms with van der Waals surface area (Å²) >= 11 is 3.25. The maximum absolute atomic E-state index is 11.7. The van der Waals surface area contributed by atoms with Crippen LogP contribution in [0.5, 0.6) is 0 Å². The highest BCUT2D eigenvalue weighted by atomic mass is 79.9. The normalized spacial score (nSPS) is 30.9. The lowest BCUT2D eigenvalue weighted by Crippen LogP contribution is -2.32. The zero-order valence-corrected chi connectivity index (χ0v) is 12.3. The number of aliphatic carboxylic acids is 1. The van der Waals surface area contributed by atoms with Crippen LogP contribution in [-0.4, -0.2) is 16.0 Å². The molecule has 0 aliphatic heterocycles. The third-order valence-electron chi connectivity index (χ3n) is 4.61. The van der Waals surface area contributed by atoms with E-state index in [0.29, 0.717) is 41.1 Å². The van der Waals surface area contributed by atoms with Crippen LogP contribution in [0.15, 0.2) is 22.7 Å². The van der Waals surface area contributed by atoms with E-state index in [1.54, 1.807) is 12.1 Å². The topological polar surface area (TPSA) is 80.4 Å². The van der Waals surface area contributed by atoms with Crippen LogP contribution in [-0.2, 0) is 11.2 Å². The van der Waals surface area contributed by atoms with E-state index in [1.807, 2.05) is 0 Å². The Hall–Kier alpha value is -1.43. The minimum atomic E-state index is -0.775. The molecular formula is C14H14BrNO4. The Labute approximate surface area is 124 Å². The summed E-state index contributed by atoms with van der Waals surface area (Å²) in [7, 11) is 0. The van der Waals surface area contributed by atoms with Gasteiger partial charge >= 0.3 is 5.97 Å². The predicted molar refractivity (Wildman–Crippen MR) is 75.4 cm³/mol. The Bertz CT molecular complexity index is 591. The van der Waals surface area contributed by atoms with Gasteiger partial charge < -0.3 is 5.11 Å². The summed E-state index contributed by atoms with van der Waals surface area (Å²) in [5, 5.41) is 20.5. The Morgan fingerprint density at radius 3 is 2.65 bits per heavy atom. The van der Waals surface area contributed by atoms with E-state index < -0.39 is 16.3 Å². The summed E-state index contributed by atoms with van der Waals surface area (Å²) in [6, 6.07) is 4.81. The average molecular weight is 340 g/mol. The number of halogens is 1. The van der Waals surface area contributed by atoms with Gasteiger partial charge in [-0.1, -0.05) is 12.1 Å². The quantitative estimate of drug-likeness (QED) is 0.673. The van der Waals surface area contributed by atoms with Gasteiger partial charge in [0.25, 0.3) is 5.69 Å². The maximum Gasteiger partial charge on any atom is 0.309 e. The first kappa shape index (κ1) is 13.5. The Balaban J connectivity index is 1.92. The van der Waals surface area contributed by atoms with Gasteiger partial charge in [-0.2, -0.15) is 0 Å². The lowest BCUT2D eigenvalue weighted by atomic mass is 9.77. The van der Waals surface area contributed by atoms with Crippen molar-refractivity contribution in [3.05, 3.63) is 38.3 Å². The number of hydrogen-bond acceptors (Lipinski definition) is 3. The lowest BCUT2D eigenvalue weighted by Gasteiger charge is -2.26. The van der Waals surface area contributed by atoms with Crippen molar-refractivity contribution < 1.29 is 14.8 Å². The zero-order valence-electron chi connectivity index (χ0n) is 10.7. The third kappa shape index (κ3) is 2.12. The molecule has 6 heteroatoms. The standard InChI is InChI=1S/C14H14BrNO4/c15-12-8(2-1-3-11(12)16(19)20)5-14(13(17)18)6-9-4-10(9)7-14/h1-3,9-10H,4-7H2,(H,17,18). The molecule has 3 rings (SSSR count). The highest BCUT2D eigenvalue weighted by Crippen LogP contribution is 2.61. The SMILES string of the molecule is O=C(O)C1(Cc2cccc([N+](=O)[O-])c2Br)CC2CC2C1. The van der Waals surface area contributed by atoms with Crippen LogP contribution >= 0.6 is 15.9 Å². The molecule has 2 aliphatic rings. The number of nitro benzene ring substituents is 1. The number of carbonyl (C=O) groups is 1. The van der Waals surface area contributed by atoms with Crippen molar-refractivity contribution in [3.8, 4) is 0 Å². The molecule has 2 saturated carbocycles. The van der Waals surface area contributed by atoms with Crippen molar-refractivity contribution in [1.82, 2.24) is 0 Å². The van der Waals surface area contributed by atoms with Gasteiger partial charge in [0.15, 0.2) is 0 Å². The number of nitro groups is 1. The molecule has 1 N–H and O–H groups in total. The number of nitrogens with zero attached hydrogens (tertiary/aromatic N) is 1. The molecule has 0 radical (unpaired) electrons. The first-order valence-corrected chi connectivity index (χ1v) is 7.37. The van der Waals surface area contributed by atoms with Crippen LogP contribution in [0.4, 0.5) is 5.69 Å². The van der Waals surface area contributed by atoms with Crippen LogP contribution in [0.25, 0.3) is 0 Å². The first-order chi connectivity index (χ1) is 9.43. The van der Waals surface area contributed by atoms with Crippen molar-refractivity contribution in [1.29, 1.82) is 0 Å². The number of carboxylic acid groups (broad SMARTS) is 1. The van der Waals surface area contributed by atoms with Gasteiger partial charge in [0.2, 0.25) is 0 Å². The smallest absolute Gasteiger partial charge is 0.309 e. The van der Waals surface area contributed by atoms with Gasteiger partial charge in [0.05, 0.1) is 14.8 Å². The van der Waals surface area contributed by atoms with Crippen LogP contribution in [0.1, 0.15) is 24.8 Å². The molecule has 2 atom stereocenters. The molecule has 1 aromatic rings. The second kappa shape index (κ2) is 4.55. The minimum absolute atomic E-state index is 0.00815. The molecule has 0 heterocycles. The van der Waals surface area contributed by atoms with E-state index in [0.717, 1.165) is 6.42 Å². The molecule has 0 spiro atoms. The monoisotopic (exact) mass is 339 g/mol. The second-order valence-corrected chi connectivity index (χ2v) is 6.73. The van der Waals surface area contributed by atoms with Crippen LogP contribution in [0.3, 0.4) is 0 Å². The molecule has 0 saturated heterocycles. The summed E-state index contributed by atoms with van der Waals surface area (Å²) in [5.74, 6) is 0.315. The predicted octanol–water partition coefficient (Wildman–Crippen LogP) is 3.40. The van der Waals surface area contributed by atoms with Gasteiger partial charge in [-0.05, 0) is 59.0 Å². The molecule has 0 bridgehead atoms. The minimum Gasteiger partial charge on any atom is -0.481 e. The molecule has 2 unspecified atom stereocenters. The number of rotatable bonds is 4. The van der Waals surface area contributed by atoms with Crippen molar-refractivity contribution in [2.75, 3.05) is 0 Å². The summed E-state index contributed by atoms with van der Waals surface area (Å²) in [5.41, 5.74) is -0.0419. The van der Waals surface area contributed by atoms with Gasteiger partial charge in [0, 0.05) is 6.07 Å². The highest BCUT2D eigenvalue weighted by Gasteiger charge is 2.57. The average Bonchev–Trinajstić information content (AvgIpc) is 2.99. The first-order valence-electron chi connectivity index (χ1n) is 6.58. The molecule has 20 heavy (non-hydrogen) atoms. The fourth-order valence-corrected chi connectivity index (χ4v) is 4.05. The number of benzene rings is 1. The number of hydrogen-bond donors (Lipinski definition) is 1. The summed E-state index contributed by atoms with van der Waals surface area (Å²) < 4.78 is 0.409. The van der Waals surface area contributed by atoms with Gasteiger partial charge in [-0.3, -0.25) is 14.9 Å². The molecular weight excluding hydrogens is 326 g/mol. The van der Waals surface area contributed by atoms with E-state index >= 15 is 0 Å². The number of fused-ring (bicyclic) bond motifs is 1. The van der Waals surface area contributed by atoms with E-state index in [2.05, 4.69) is 15.9 Å². The lowest BCUT2D eigenvalue weighted by molar-refractivity contribution is -0.385. The van der Waals surface area contributed by atoms with Crippen molar-refractivity contribution in [2.45, 2.75) is 25.7 Å². The highest BCUT2D eigenvalue weighted by molar-refractivity contribution is 9.10. The summed E-state index contributed by atoms with van der Waals surface area (Å²) in [6.45, 7) is 0. The third-order valence-corrected chi connectivity index (χ3v) is 5.53. The van der Waals surface area contributed by atoms with Gasteiger partial charge in [0.1, 0.15) is 0 Å². The van der Waals surface area contributed by atoms with Crippen LogP contribution in [0.2, 0.25) is 0 Å². The Morgan fingerprint density at radius 1 is 1.45 bits per heavy atom. The fraction of sp³-hybridized carbons (Fsp3) is 0.500. The van der Waals surface area contributed by atoms with E-state index in [9.17, 15) is 20.0 Å². The molecule has 5 nitrogen and oxygen atoms in total. The van der Waals surface area contributed by atoms with Crippen LogP contribution < -0.4 is 0 Å². The number of carboxylic acids is 1. The summed E-state index contributed by atoms with van der Waals surface area (Å²) in [4.78, 5) is 22.2. The van der Waals surface area contributed by atoms with E-state index in [-0.39, 0.29) is 5.69 Å². The molecule has 2 aliphatic carbocycles. The van der Waals surface area contributed by atoms with E-state index in [4.69, 9.17) is 0 Å². The van der Waals surface area contributed by atoms with Crippen LogP contribution in [0, 0.1) is 27.4 Å². The second-order valence-electron chi connectivity index (χ2n) is 5.93. The van der Waals surface area contributed by atoms with Crippen molar-refractivity contribution >= 4 is 27.6 Å². The summed E-state index contributed by atoms with van der Waals surface area (Å²) in [6.07, 6.45) is 2.90. The molecule has 106 valence electrons. The van der Waals surface area contributed by atoms with E-state index in [1.165, 1.54) is 6.07 Å². The fourth-order valence-electron chi connectivity index (χ4n) is 3.50. The Kier molecular flexibility index (Phi) is 3.08. The largest absolute Gasteiger partial charge is 0.481 e. The zero-order chi connectivity index (χ0) is 14.5. The molecule has 0 amide bonds. The maximum atomic E-state index is 11.7. The van der Waals surface area contributed by atoms with Gasteiger partial charge in [-0.25, -0.2) is 0 Å². The van der Waals surface area contributed by atoms with Crippen molar-refractivity contribution in [3.63, 3.8) is 0 Å². The Morgan fingerprint density at radius 2 is 2.10 bits per heavy atom.